The molecule has 0 spiro atoms. The van der Waals surface area contributed by atoms with Crippen molar-refractivity contribution in [1.29, 1.82) is 0 Å². The minimum absolute atomic E-state index is 0.113. The highest BCUT2D eigenvalue weighted by Crippen LogP contribution is 2.34. The second-order valence-corrected chi connectivity index (χ2v) is 7.54. The quantitative estimate of drug-likeness (QED) is 0.314. The number of alkyl halides is 2. The SMILES string of the molecule is CN(c1ccc(F)c(-c2ccc(C(F)F)cc2)c1)c1nc2nnc(Cl)n2c2ccccc12. The zero-order valence-electron chi connectivity index (χ0n) is 16.7. The van der Waals surface area contributed by atoms with Gasteiger partial charge < -0.3 is 4.90 Å². The standard InChI is InChI=1S/C23H15ClF3N5/c1-31(21-16-4-2-3-5-19(16)32-22(24)29-30-23(32)28-21)15-10-11-18(25)17(12-15)13-6-8-14(9-7-13)20(26)27/h2-12,20H,1H3. The summed E-state index contributed by atoms with van der Waals surface area (Å²) in [5, 5.41) is 8.93. The molecule has 5 aromatic rings. The summed E-state index contributed by atoms with van der Waals surface area (Å²) in [6.07, 6.45) is -2.58. The molecule has 5 rings (SSSR count). The third-order valence-electron chi connectivity index (χ3n) is 5.33. The van der Waals surface area contributed by atoms with Crippen molar-refractivity contribution in [1.82, 2.24) is 19.6 Å². The van der Waals surface area contributed by atoms with Crippen LogP contribution < -0.4 is 4.90 Å². The summed E-state index contributed by atoms with van der Waals surface area (Å²) in [5.74, 6) is 0.465. The van der Waals surface area contributed by atoms with Crippen LogP contribution in [0, 0.1) is 5.82 Å². The maximum atomic E-state index is 14.6. The number of benzene rings is 3. The molecule has 0 saturated carbocycles. The molecule has 0 aliphatic heterocycles. The van der Waals surface area contributed by atoms with Crippen molar-refractivity contribution in [3.8, 4) is 11.1 Å². The van der Waals surface area contributed by atoms with Gasteiger partial charge in [0.05, 0.1) is 5.52 Å². The first-order valence-electron chi connectivity index (χ1n) is 9.65. The molecule has 2 aromatic heterocycles. The van der Waals surface area contributed by atoms with Crippen molar-refractivity contribution >= 4 is 39.8 Å². The Kier molecular flexibility index (Phi) is 4.94. The van der Waals surface area contributed by atoms with Gasteiger partial charge in [0.2, 0.25) is 5.28 Å². The first-order chi connectivity index (χ1) is 15.4. The normalized spacial score (nSPS) is 11.6. The number of para-hydroxylation sites is 1. The molecule has 0 amide bonds. The van der Waals surface area contributed by atoms with Crippen molar-refractivity contribution in [2.24, 2.45) is 0 Å². The van der Waals surface area contributed by atoms with Crippen LogP contribution in [0.15, 0.2) is 66.7 Å². The van der Waals surface area contributed by atoms with Crippen LogP contribution in [0.2, 0.25) is 5.28 Å². The molecule has 0 aliphatic rings. The Bertz CT molecular complexity index is 1450. The van der Waals surface area contributed by atoms with E-state index in [0.717, 1.165) is 10.9 Å². The van der Waals surface area contributed by atoms with Gasteiger partial charge in [-0.3, -0.25) is 0 Å². The lowest BCUT2D eigenvalue weighted by molar-refractivity contribution is 0.151. The fourth-order valence-corrected chi connectivity index (χ4v) is 3.88. The van der Waals surface area contributed by atoms with Crippen LogP contribution in [-0.2, 0) is 0 Å². The van der Waals surface area contributed by atoms with E-state index in [4.69, 9.17) is 11.6 Å². The van der Waals surface area contributed by atoms with Crippen molar-refractivity contribution in [3.05, 3.63) is 83.4 Å². The summed E-state index contributed by atoms with van der Waals surface area (Å²) < 4.78 is 42.0. The molecule has 3 aromatic carbocycles. The monoisotopic (exact) mass is 453 g/mol. The van der Waals surface area contributed by atoms with Gasteiger partial charge in [0.15, 0.2) is 0 Å². The molecule has 160 valence electrons. The molecule has 0 fully saturated rings. The van der Waals surface area contributed by atoms with Crippen molar-refractivity contribution in [2.45, 2.75) is 6.43 Å². The van der Waals surface area contributed by atoms with E-state index in [1.165, 1.54) is 30.3 Å². The van der Waals surface area contributed by atoms with Gasteiger partial charge in [-0.05, 0) is 47.5 Å². The third kappa shape index (κ3) is 3.33. The van der Waals surface area contributed by atoms with Crippen LogP contribution in [0.25, 0.3) is 27.8 Å². The summed E-state index contributed by atoms with van der Waals surface area (Å²) in [5.41, 5.74) is 2.12. The molecule has 2 heterocycles. The first-order valence-corrected chi connectivity index (χ1v) is 10.0. The van der Waals surface area contributed by atoms with Crippen LogP contribution in [0.3, 0.4) is 0 Å². The fraction of sp³-hybridized carbons (Fsp3) is 0.0870. The van der Waals surface area contributed by atoms with Crippen LogP contribution >= 0.6 is 11.6 Å². The second-order valence-electron chi connectivity index (χ2n) is 7.20. The maximum absolute atomic E-state index is 14.6. The molecule has 9 heteroatoms. The summed E-state index contributed by atoms with van der Waals surface area (Å²) in [6.45, 7) is 0. The van der Waals surface area contributed by atoms with Crippen molar-refractivity contribution < 1.29 is 13.2 Å². The maximum Gasteiger partial charge on any atom is 0.263 e. The Morgan fingerprint density at radius 1 is 0.969 bits per heavy atom. The van der Waals surface area contributed by atoms with E-state index in [-0.39, 0.29) is 10.8 Å². The van der Waals surface area contributed by atoms with Gasteiger partial charge in [0.25, 0.3) is 12.2 Å². The van der Waals surface area contributed by atoms with Crippen LogP contribution in [-0.4, -0.2) is 26.6 Å². The van der Waals surface area contributed by atoms with E-state index in [0.29, 0.717) is 28.4 Å². The van der Waals surface area contributed by atoms with Crippen molar-refractivity contribution in [2.75, 3.05) is 11.9 Å². The zero-order chi connectivity index (χ0) is 22.4. The van der Waals surface area contributed by atoms with Crippen LogP contribution in [0.5, 0.6) is 0 Å². The predicted octanol–water partition coefficient (Wildman–Crippen LogP) is 6.44. The zero-order valence-corrected chi connectivity index (χ0v) is 17.4. The highest BCUT2D eigenvalue weighted by atomic mass is 35.5. The fourth-order valence-electron chi connectivity index (χ4n) is 3.68. The Balaban J connectivity index is 1.63. The van der Waals surface area contributed by atoms with Crippen molar-refractivity contribution in [3.63, 3.8) is 0 Å². The number of nitrogens with zero attached hydrogens (tertiary/aromatic N) is 5. The van der Waals surface area contributed by atoms with Gasteiger partial charge in [-0.2, -0.15) is 4.98 Å². The van der Waals surface area contributed by atoms with E-state index >= 15 is 0 Å². The Labute approximate surface area is 185 Å². The van der Waals surface area contributed by atoms with E-state index < -0.39 is 12.2 Å². The van der Waals surface area contributed by atoms with Gasteiger partial charge in [-0.1, -0.05) is 36.4 Å². The molecule has 0 N–H and O–H groups in total. The van der Waals surface area contributed by atoms with Crippen LogP contribution in [0.4, 0.5) is 24.7 Å². The molecule has 0 unspecified atom stereocenters. The molecule has 0 saturated heterocycles. The lowest BCUT2D eigenvalue weighted by Gasteiger charge is -2.21. The van der Waals surface area contributed by atoms with Gasteiger partial charge in [0, 0.05) is 29.2 Å². The molecule has 0 atom stereocenters. The largest absolute Gasteiger partial charge is 0.329 e. The molecule has 0 bridgehead atoms. The van der Waals surface area contributed by atoms with Gasteiger partial charge in [0.1, 0.15) is 11.6 Å². The van der Waals surface area contributed by atoms with E-state index in [1.54, 1.807) is 28.5 Å². The summed E-state index contributed by atoms with van der Waals surface area (Å²) in [6, 6.07) is 17.7. The number of fused-ring (bicyclic) bond motifs is 3. The number of aromatic nitrogens is 4. The average Bonchev–Trinajstić information content (AvgIpc) is 3.19. The number of rotatable bonds is 4. The van der Waals surface area contributed by atoms with E-state index in [2.05, 4.69) is 15.2 Å². The average molecular weight is 454 g/mol. The number of hydrogen-bond acceptors (Lipinski definition) is 4. The van der Waals surface area contributed by atoms with Gasteiger partial charge >= 0.3 is 0 Å². The minimum atomic E-state index is -2.58. The van der Waals surface area contributed by atoms with E-state index in [9.17, 15) is 13.2 Å². The number of hydrogen-bond donors (Lipinski definition) is 0. The number of anilines is 2. The predicted molar refractivity (Wildman–Crippen MR) is 118 cm³/mol. The highest BCUT2D eigenvalue weighted by Gasteiger charge is 2.18. The Hall–Kier alpha value is -3.65. The molecular formula is C23H15ClF3N5. The molecule has 32 heavy (non-hydrogen) atoms. The molecule has 5 nitrogen and oxygen atoms in total. The Morgan fingerprint density at radius 3 is 2.47 bits per heavy atom. The molecule has 0 aliphatic carbocycles. The van der Waals surface area contributed by atoms with E-state index in [1.807, 2.05) is 24.3 Å². The second kappa shape index (κ2) is 7.80. The third-order valence-corrected chi connectivity index (χ3v) is 5.57. The topological polar surface area (TPSA) is 46.3 Å². The van der Waals surface area contributed by atoms with Gasteiger partial charge in [-0.25, -0.2) is 17.6 Å². The minimum Gasteiger partial charge on any atom is -0.329 e. The molecule has 0 radical (unpaired) electrons. The lowest BCUT2D eigenvalue weighted by Crippen LogP contribution is -2.13. The van der Waals surface area contributed by atoms with Crippen LogP contribution in [0.1, 0.15) is 12.0 Å². The lowest BCUT2D eigenvalue weighted by atomic mass is 10.0. The first kappa shape index (κ1) is 20.3. The summed E-state index contributed by atoms with van der Waals surface area (Å²) in [4.78, 5) is 6.42. The summed E-state index contributed by atoms with van der Waals surface area (Å²) >= 11 is 6.18. The molecular weight excluding hydrogens is 439 g/mol. The number of halogens is 4. The summed E-state index contributed by atoms with van der Waals surface area (Å²) in [7, 11) is 1.81. The highest BCUT2D eigenvalue weighted by molar-refractivity contribution is 6.29. The Morgan fingerprint density at radius 2 is 1.72 bits per heavy atom. The smallest absolute Gasteiger partial charge is 0.263 e. The van der Waals surface area contributed by atoms with Gasteiger partial charge in [-0.15, -0.1) is 10.2 Å².